The van der Waals surface area contributed by atoms with Gasteiger partial charge in [-0.15, -0.1) is 0 Å². The quantitative estimate of drug-likeness (QED) is 0.0445. The summed E-state index contributed by atoms with van der Waals surface area (Å²) >= 11 is 0. The summed E-state index contributed by atoms with van der Waals surface area (Å²) in [6.45, 7) is 0.921. The molecule has 1 aliphatic rings. The lowest BCUT2D eigenvalue weighted by Gasteiger charge is -2.24. The van der Waals surface area contributed by atoms with Gasteiger partial charge in [-0.3, -0.25) is 4.79 Å². The van der Waals surface area contributed by atoms with Crippen LogP contribution in [0, 0.1) is 0 Å². The normalized spacial score (nSPS) is 14.9. The summed E-state index contributed by atoms with van der Waals surface area (Å²) in [6.07, 6.45) is 23.6. The van der Waals surface area contributed by atoms with Crippen LogP contribution in [0.4, 0.5) is 0 Å². The lowest BCUT2D eigenvalue weighted by Crippen LogP contribution is -2.28. The molecule has 3 atom stereocenters. The summed E-state index contributed by atoms with van der Waals surface area (Å²) in [5.74, 6) is 2.69. The maximum atomic E-state index is 12.2. The van der Waals surface area contributed by atoms with Gasteiger partial charge >= 0.3 is 11.9 Å². The maximum absolute atomic E-state index is 12.2. The Balaban J connectivity index is 1.15. The van der Waals surface area contributed by atoms with Crippen molar-refractivity contribution in [2.45, 2.75) is 134 Å². The molecule has 0 amide bonds. The molecule has 318 valence electrons. The molecule has 11 nitrogen and oxygen atoms in total. The topological polar surface area (TPSA) is 128 Å². The number of cyclic esters (lactones) is 1. The van der Waals surface area contributed by atoms with Crippen molar-refractivity contribution in [2.24, 2.45) is 0 Å². The average Bonchev–Trinajstić information content (AvgIpc) is 3.21. The average molecular weight is 797 g/mol. The molecule has 2 aromatic rings. The van der Waals surface area contributed by atoms with Gasteiger partial charge in [-0.05, 0) is 54.7 Å². The van der Waals surface area contributed by atoms with Gasteiger partial charge in [0.2, 0.25) is 5.75 Å². The minimum absolute atomic E-state index is 0.177. The lowest BCUT2D eigenvalue weighted by molar-refractivity contribution is -0.145. The van der Waals surface area contributed by atoms with Gasteiger partial charge in [0.05, 0.1) is 53.9 Å². The number of ether oxygens (including phenoxy) is 8. The summed E-state index contributed by atoms with van der Waals surface area (Å²) in [4.78, 5) is 23.6. The summed E-state index contributed by atoms with van der Waals surface area (Å²) in [6, 6.07) is 9.75. The molecular formula is C46H68O11. The van der Waals surface area contributed by atoms with Crippen LogP contribution in [0.1, 0.15) is 127 Å². The molecule has 57 heavy (non-hydrogen) atoms. The van der Waals surface area contributed by atoms with Crippen molar-refractivity contribution < 1.29 is 52.6 Å². The second-order valence-electron chi connectivity index (χ2n) is 14.6. The van der Waals surface area contributed by atoms with Gasteiger partial charge in [0.15, 0.2) is 23.0 Å². The van der Waals surface area contributed by atoms with Crippen LogP contribution in [0.2, 0.25) is 0 Å². The first-order valence-corrected chi connectivity index (χ1v) is 20.8. The number of carbonyl (C=O) groups is 2. The second kappa shape index (κ2) is 28.2. The number of carbonyl (C=O) groups excluding carboxylic acids is 2. The number of aliphatic hydroxyl groups is 1. The molecular weight excluding hydrogens is 728 g/mol. The van der Waals surface area contributed by atoms with Crippen LogP contribution in [0.25, 0.3) is 12.2 Å². The highest BCUT2D eigenvalue weighted by Crippen LogP contribution is 2.39. The molecule has 1 aliphatic heterocycles. The molecule has 1 N–H and O–H groups in total. The number of rotatable bonds is 31. The molecule has 1 heterocycles. The number of unbranched alkanes of at least 4 members (excludes halogenated alkanes) is 12. The fraction of sp³-hybridized carbons (Fsp3) is 0.609. The third kappa shape index (κ3) is 18.7. The molecule has 0 bridgehead atoms. The number of esters is 2. The molecule has 2 aromatic carbocycles. The van der Waals surface area contributed by atoms with E-state index in [4.69, 9.17) is 37.9 Å². The van der Waals surface area contributed by atoms with E-state index in [1.807, 2.05) is 42.5 Å². The van der Waals surface area contributed by atoms with Crippen molar-refractivity contribution >= 4 is 24.1 Å². The molecule has 0 aliphatic carbocycles. The van der Waals surface area contributed by atoms with Crippen LogP contribution >= 0.6 is 0 Å². The second-order valence-corrected chi connectivity index (χ2v) is 14.6. The molecule has 0 spiro atoms. The van der Waals surface area contributed by atoms with Gasteiger partial charge in [-0.2, -0.15) is 0 Å². The van der Waals surface area contributed by atoms with Crippen molar-refractivity contribution in [1.82, 2.24) is 0 Å². The van der Waals surface area contributed by atoms with E-state index in [-0.39, 0.29) is 30.8 Å². The predicted octanol–water partition coefficient (Wildman–Crippen LogP) is 9.69. The molecule has 0 fully saturated rings. The molecule has 0 unspecified atom stereocenters. The highest BCUT2D eigenvalue weighted by atomic mass is 16.6. The fourth-order valence-corrected chi connectivity index (χ4v) is 6.92. The van der Waals surface area contributed by atoms with Crippen molar-refractivity contribution in [2.75, 3.05) is 48.8 Å². The van der Waals surface area contributed by atoms with E-state index in [2.05, 4.69) is 0 Å². The van der Waals surface area contributed by atoms with Crippen molar-refractivity contribution in [3.05, 3.63) is 53.6 Å². The standard InChI is InChI=1S/C46H68O11/c1-50-38(33-37(47)34-39-20-19-22-45(49)57-39)27-29-56-44(48)21-17-15-13-11-9-7-6-8-10-12-14-16-18-28-55-41-30-35(25-26-40(41)51-2)23-24-36-31-42(52-3)46(54-5)43(32-36)53-4/h19,22-26,30-32,37-39,47H,6-18,20-21,27-29,33-34H2,1-5H3/b24-23-/t37-,38+,39-/m0/s1. The van der Waals surface area contributed by atoms with E-state index in [0.717, 1.165) is 54.7 Å². The van der Waals surface area contributed by atoms with Crippen molar-refractivity contribution in [3.8, 4) is 28.7 Å². The monoisotopic (exact) mass is 796 g/mol. The van der Waals surface area contributed by atoms with Crippen LogP contribution in [0.3, 0.4) is 0 Å². The fourth-order valence-electron chi connectivity index (χ4n) is 6.92. The van der Waals surface area contributed by atoms with Crippen molar-refractivity contribution in [3.63, 3.8) is 0 Å². The zero-order valence-electron chi connectivity index (χ0n) is 35.1. The number of hydrogen-bond donors (Lipinski definition) is 1. The Labute approximate surface area is 341 Å². The van der Waals surface area contributed by atoms with Crippen LogP contribution in [-0.4, -0.2) is 84.1 Å². The molecule has 0 saturated carbocycles. The molecule has 0 saturated heterocycles. The van der Waals surface area contributed by atoms with Gasteiger partial charge in [0, 0.05) is 38.9 Å². The van der Waals surface area contributed by atoms with E-state index >= 15 is 0 Å². The minimum atomic E-state index is -0.653. The number of benzene rings is 2. The highest BCUT2D eigenvalue weighted by molar-refractivity contribution is 5.82. The van der Waals surface area contributed by atoms with Gasteiger partial charge in [-0.25, -0.2) is 4.79 Å². The van der Waals surface area contributed by atoms with E-state index in [1.165, 1.54) is 57.4 Å². The first-order valence-electron chi connectivity index (χ1n) is 20.8. The summed E-state index contributed by atoms with van der Waals surface area (Å²) in [5.41, 5.74) is 1.92. The van der Waals surface area contributed by atoms with Gasteiger partial charge in [0.25, 0.3) is 0 Å². The Hall–Kier alpha value is -4.22. The van der Waals surface area contributed by atoms with E-state index in [1.54, 1.807) is 41.6 Å². The third-order valence-corrected chi connectivity index (χ3v) is 10.2. The van der Waals surface area contributed by atoms with E-state index in [9.17, 15) is 14.7 Å². The van der Waals surface area contributed by atoms with Crippen LogP contribution in [-0.2, 0) is 23.8 Å². The first-order chi connectivity index (χ1) is 27.8. The highest BCUT2D eigenvalue weighted by Gasteiger charge is 2.23. The zero-order valence-corrected chi connectivity index (χ0v) is 35.1. The summed E-state index contributed by atoms with van der Waals surface area (Å²) < 4.78 is 44.2. The molecule has 0 radical (unpaired) electrons. The molecule has 3 rings (SSSR count). The Morgan fingerprint density at radius 2 is 1.32 bits per heavy atom. The minimum Gasteiger partial charge on any atom is -0.493 e. The molecule has 0 aromatic heterocycles. The number of hydrogen-bond acceptors (Lipinski definition) is 11. The third-order valence-electron chi connectivity index (χ3n) is 10.2. The summed E-state index contributed by atoms with van der Waals surface area (Å²) in [5, 5.41) is 10.4. The number of aliphatic hydroxyl groups excluding tert-OH is 1. The molecule has 11 heteroatoms. The Morgan fingerprint density at radius 1 is 0.737 bits per heavy atom. The van der Waals surface area contributed by atoms with E-state index < -0.39 is 6.10 Å². The lowest BCUT2D eigenvalue weighted by atomic mass is 10.0. The van der Waals surface area contributed by atoms with Crippen LogP contribution < -0.4 is 23.7 Å². The van der Waals surface area contributed by atoms with Crippen molar-refractivity contribution in [1.29, 1.82) is 0 Å². The SMILES string of the molecule is COc1ccc(/C=C\c2cc(OC)c(OC)c(OC)c2)cc1OCCCCCCCCCCCCCCCC(=O)OCC[C@H](C[C@H](O)C[C@@H]1CC=CC(=O)O1)OC. The van der Waals surface area contributed by atoms with Gasteiger partial charge in [0.1, 0.15) is 6.10 Å². The summed E-state index contributed by atoms with van der Waals surface area (Å²) in [7, 11) is 8.06. The zero-order chi connectivity index (χ0) is 41.1. The first kappa shape index (κ1) is 47.2. The Bertz CT molecular complexity index is 1480. The Kier molecular flexibility index (Phi) is 23.4. The van der Waals surface area contributed by atoms with Crippen LogP contribution in [0.5, 0.6) is 28.7 Å². The largest absolute Gasteiger partial charge is 0.493 e. The van der Waals surface area contributed by atoms with E-state index in [0.29, 0.717) is 56.0 Å². The maximum Gasteiger partial charge on any atom is 0.330 e. The van der Waals surface area contributed by atoms with Crippen LogP contribution in [0.15, 0.2) is 42.5 Å². The van der Waals surface area contributed by atoms with Gasteiger partial charge in [-0.1, -0.05) is 94.9 Å². The number of methoxy groups -OCH3 is 5. The van der Waals surface area contributed by atoms with Gasteiger partial charge < -0.3 is 43.0 Å². The smallest absolute Gasteiger partial charge is 0.330 e. The Morgan fingerprint density at radius 3 is 1.89 bits per heavy atom. The predicted molar refractivity (Wildman–Crippen MR) is 223 cm³/mol.